The second-order valence-corrected chi connectivity index (χ2v) is 8.71. The van der Waals surface area contributed by atoms with E-state index in [0.717, 1.165) is 37.8 Å². The van der Waals surface area contributed by atoms with Crippen LogP contribution in [0.1, 0.15) is 18.3 Å². The van der Waals surface area contributed by atoms with Gasteiger partial charge in [-0.3, -0.25) is 5.32 Å². The Morgan fingerprint density at radius 3 is 2.21 bits per heavy atom. The molecule has 38 heavy (non-hydrogen) atoms. The highest BCUT2D eigenvalue weighted by Gasteiger charge is 2.12. The van der Waals surface area contributed by atoms with Gasteiger partial charge in [0.05, 0.1) is 48.8 Å². The molecule has 12 heteroatoms. The number of aryl methyl sites for hydroxylation is 2. The number of carbonyl (C=O) groups is 1. The lowest BCUT2D eigenvalue weighted by atomic mass is 10.3. The summed E-state index contributed by atoms with van der Waals surface area (Å²) in [6.45, 7) is 9.17. The SMILES string of the molecule is C1COCCO1.CCOc1ccccc1N/C(=N\c1nc(C)cc(C)n1)NC(=O)Nc1ccc(Cl)c(Cl)c1. The normalized spacial score (nSPS) is 13.1. The van der Waals surface area contributed by atoms with Crippen LogP contribution in [0, 0.1) is 13.8 Å². The van der Waals surface area contributed by atoms with Gasteiger partial charge in [-0.15, -0.1) is 0 Å². The molecule has 0 atom stereocenters. The molecule has 0 spiro atoms. The molecule has 1 aliphatic heterocycles. The number of anilines is 2. The van der Waals surface area contributed by atoms with Gasteiger partial charge in [0, 0.05) is 17.1 Å². The Balaban J connectivity index is 0.000000585. The van der Waals surface area contributed by atoms with E-state index in [2.05, 4.69) is 30.9 Å². The van der Waals surface area contributed by atoms with Gasteiger partial charge in [0.1, 0.15) is 5.75 Å². The molecule has 2 amide bonds. The lowest BCUT2D eigenvalue weighted by molar-refractivity contribution is -0.0334. The maximum absolute atomic E-state index is 12.7. The van der Waals surface area contributed by atoms with Gasteiger partial charge < -0.3 is 24.8 Å². The lowest BCUT2D eigenvalue weighted by Crippen LogP contribution is -2.38. The van der Waals surface area contributed by atoms with Gasteiger partial charge in [0.15, 0.2) is 0 Å². The number of benzene rings is 2. The fourth-order valence-electron chi connectivity index (χ4n) is 3.21. The number of ether oxygens (including phenoxy) is 3. The van der Waals surface area contributed by atoms with Crippen LogP contribution in [0.5, 0.6) is 5.75 Å². The molecule has 0 aliphatic carbocycles. The van der Waals surface area contributed by atoms with Crippen molar-refractivity contribution in [2.45, 2.75) is 20.8 Å². The Kier molecular flexibility index (Phi) is 11.6. The molecule has 2 heterocycles. The van der Waals surface area contributed by atoms with Crippen molar-refractivity contribution in [1.29, 1.82) is 0 Å². The first-order valence-electron chi connectivity index (χ1n) is 11.9. The van der Waals surface area contributed by atoms with E-state index in [1.54, 1.807) is 24.3 Å². The van der Waals surface area contributed by atoms with Gasteiger partial charge in [-0.25, -0.2) is 14.8 Å². The Hall–Kier alpha value is -3.44. The number of aliphatic imine (C=N–C) groups is 1. The molecule has 10 nitrogen and oxygen atoms in total. The summed E-state index contributed by atoms with van der Waals surface area (Å²) in [6.07, 6.45) is 0. The number of urea groups is 1. The van der Waals surface area contributed by atoms with Crippen molar-refractivity contribution in [1.82, 2.24) is 15.3 Å². The third kappa shape index (κ3) is 9.79. The van der Waals surface area contributed by atoms with Gasteiger partial charge in [-0.2, -0.15) is 4.99 Å². The standard InChI is InChI=1S/C22H22Cl2N6O2.C4H8O2/c1-4-32-19-8-6-5-7-18(19)28-21(29-20-25-13(2)11-14(3)26-20)30-22(31)27-15-9-10-16(23)17(24)12-15;1-2-6-4-3-5-1/h5-12H,4H2,1-3H3,(H3,25,26,27,28,29,30,31);1-4H2. The summed E-state index contributed by atoms with van der Waals surface area (Å²) in [5, 5.41) is 9.17. The summed E-state index contributed by atoms with van der Waals surface area (Å²) in [7, 11) is 0. The average molecular weight is 561 g/mol. The first kappa shape index (κ1) is 29.1. The second kappa shape index (κ2) is 15.1. The summed E-state index contributed by atoms with van der Waals surface area (Å²) >= 11 is 12.0. The molecule has 1 aromatic heterocycles. The molecule has 3 aromatic rings. The van der Waals surface area contributed by atoms with Crippen molar-refractivity contribution in [2.24, 2.45) is 4.99 Å². The summed E-state index contributed by atoms with van der Waals surface area (Å²) < 4.78 is 15.5. The monoisotopic (exact) mass is 560 g/mol. The summed E-state index contributed by atoms with van der Waals surface area (Å²) in [4.78, 5) is 25.7. The topological polar surface area (TPSA) is 119 Å². The maximum atomic E-state index is 12.7. The molecule has 1 saturated heterocycles. The fraction of sp³-hybridized carbons (Fsp3) is 0.308. The molecule has 0 radical (unpaired) electrons. The van der Waals surface area contributed by atoms with E-state index in [1.807, 2.05) is 45.0 Å². The Morgan fingerprint density at radius 2 is 1.61 bits per heavy atom. The molecular weight excluding hydrogens is 531 g/mol. The van der Waals surface area contributed by atoms with Crippen LogP contribution in [-0.4, -0.2) is 55.0 Å². The van der Waals surface area contributed by atoms with Crippen LogP contribution in [0.25, 0.3) is 0 Å². The molecule has 202 valence electrons. The van der Waals surface area contributed by atoms with E-state index in [-0.39, 0.29) is 11.9 Å². The van der Waals surface area contributed by atoms with Gasteiger partial charge in [-0.1, -0.05) is 35.3 Å². The van der Waals surface area contributed by atoms with Gasteiger partial charge >= 0.3 is 6.03 Å². The predicted molar refractivity (Wildman–Crippen MR) is 150 cm³/mol. The molecule has 0 bridgehead atoms. The highest BCUT2D eigenvalue weighted by molar-refractivity contribution is 6.42. The predicted octanol–water partition coefficient (Wildman–Crippen LogP) is 5.75. The molecular formula is C26H30Cl2N6O4. The minimum absolute atomic E-state index is 0.111. The Bertz CT molecular complexity index is 1220. The van der Waals surface area contributed by atoms with Crippen LogP contribution in [-0.2, 0) is 9.47 Å². The van der Waals surface area contributed by atoms with Crippen LogP contribution in [0.2, 0.25) is 10.0 Å². The van der Waals surface area contributed by atoms with Crippen LogP contribution >= 0.6 is 23.2 Å². The van der Waals surface area contributed by atoms with Gasteiger partial charge in [0.25, 0.3) is 5.95 Å². The minimum Gasteiger partial charge on any atom is -0.492 e. The number of hydrogen-bond acceptors (Lipinski definition) is 7. The van der Waals surface area contributed by atoms with E-state index < -0.39 is 6.03 Å². The summed E-state index contributed by atoms with van der Waals surface area (Å²) in [5.74, 6) is 0.921. The van der Waals surface area contributed by atoms with E-state index in [0.29, 0.717) is 33.8 Å². The molecule has 1 fully saturated rings. The number of aromatic nitrogens is 2. The number of carbonyl (C=O) groups excluding carboxylic acids is 1. The van der Waals surface area contributed by atoms with Crippen molar-refractivity contribution in [3.05, 3.63) is 70.0 Å². The van der Waals surface area contributed by atoms with Crippen LogP contribution in [0.4, 0.5) is 22.1 Å². The smallest absolute Gasteiger partial charge is 0.326 e. The number of nitrogens with one attached hydrogen (secondary N) is 3. The minimum atomic E-state index is -0.548. The van der Waals surface area contributed by atoms with Crippen molar-refractivity contribution >= 4 is 52.5 Å². The molecule has 3 N–H and O–H groups in total. The van der Waals surface area contributed by atoms with Crippen LogP contribution in [0.3, 0.4) is 0 Å². The molecule has 4 rings (SSSR count). The van der Waals surface area contributed by atoms with Gasteiger partial charge in [-0.05, 0) is 57.2 Å². The van der Waals surface area contributed by atoms with Crippen molar-refractivity contribution in [3.8, 4) is 5.75 Å². The molecule has 0 saturated carbocycles. The summed E-state index contributed by atoms with van der Waals surface area (Å²) in [6, 6.07) is 13.4. The highest BCUT2D eigenvalue weighted by atomic mass is 35.5. The largest absolute Gasteiger partial charge is 0.492 e. The number of nitrogens with zero attached hydrogens (tertiary/aromatic N) is 3. The quantitative estimate of drug-likeness (QED) is 0.268. The fourth-order valence-corrected chi connectivity index (χ4v) is 3.50. The number of guanidine groups is 1. The third-order valence-electron chi connectivity index (χ3n) is 4.78. The second-order valence-electron chi connectivity index (χ2n) is 7.90. The number of halogens is 2. The number of amides is 2. The summed E-state index contributed by atoms with van der Waals surface area (Å²) in [5.41, 5.74) is 2.59. The van der Waals surface area contributed by atoms with E-state index in [1.165, 1.54) is 0 Å². The zero-order valence-corrected chi connectivity index (χ0v) is 22.9. The highest BCUT2D eigenvalue weighted by Crippen LogP contribution is 2.25. The zero-order valence-electron chi connectivity index (χ0n) is 21.4. The van der Waals surface area contributed by atoms with Crippen LogP contribution in [0.15, 0.2) is 53.5 Å². The van der Waals surface area contributed by atoms with E-state index in [9.17, 15) is 4.79 Å². The average Bonchev–Trinajstić information content (AvgIpc) is 2.88. The van der Waals surface area contributed by atoms with E-state index in [4.69, 9.17) is 37.4 Å². The third-order valence-corrected chi connectivity index (χ3v) is 5.51. The molecule has 2 aromatic carbocycles. The van der Waals surface area contributed by atoms with Crippen LogP contribution < -0.4 is 20.7 Å². The number of rotatable bonds is 5. The van der Waals surface area contributed by atoms with E-state index >= 15 is 0 Å². The zero-order chi connectivity index (χ0) is 27.3. The Morgan fingerprint density at radius 1 is 0.947 bits per heavy atom. The number of hydrogen-bond donors (Lipinski definition) is 3. The molecule has 0 unspecified atom stereocenters. The Labute approximate surface area is 231 Å². The van der Waals surface area contributed by atoms with Crippen molar-refractivity contribution < 1.29 is 19.0 Å². The maximum Gasteiger partial charge on any atom is 0.326 e. The lowest BCUT2D eigenvalue weighted by Gasteiger charge is -2.15. The first-order valence-corrected chi connectivity index (χ1v) is 12.7. The first-order chi connectivity index (χ1) is 18.3. The molecule has 1 aliphatic rings. The van der Waals surface area contributed by atoms with Gasteiger partial charge in [0.2, 0.25) is 5.96 Å². The number of para-hydroxylation sites is 2. The van der Waals surface area contributed by atoms with Crippen molar-refractivity contribution in [3.63, 3.8) is 0 Å². The van der Waals surface area contributed by atoms with Crippen molar-refractivity contribution in [2.75, 3.05) is 43.7 Å².